The van der Waals surface area contributed by atoms with Gasteiger partial charge in [-0.05, 0) is 25.0 Å². The van der Waals surface area contributed by atoms with Crippen LogP contribution in [0.5, 0.6) is 0 Å². The first-order valence-corrected chi connectivity index (χ1v) is 9.42. The van der Waals surface area contributed by atoms with Crippen LogP contribution in [0.3, 0.4) is 0 Å². The Labute approximate surface area is 164 Å². The molecule has 2 aromatic carbocycles. The number of carbonyl (C=O) groups is 2. The lowest BCUT2D eigenvalue weighted by Crippen LogP contribution is -2.52. The lowest BCUT2D eigenvalue weighted by atomic mass is 10.0. The Hall–Kier alpha value is -2.99. The molecule has 4 rings (SSSR count). The summed E-state index contributed by atoms with van der Waals surface area (Å²) in [7, 11) is 0. The van der Waals surface area contributed by atoms with Gasteiger partial charge >= 0.3 is 0 Å². The van der Waals surface area contributed by atoms with Crippen LogP contribution in [0.25, 0.3) is 0 Å². The summed E-state index contributed by atoms with van der Waals surface area (Å²) in [5, 5.41) is 7.20. The van der Waals surface area contributed by atoms with Crippen LogP contribution in [-0.4, -0.2) is 39.2 Å². The zero-order chi connectivity index (χ0) is 19.7. The van der Waals surface area contributed by atoms with Gasteiger partial charge in [0.2, 0.25) is 12.0 Å². The normalized spacial score (nSPS) is 21.5. The molecular weight excluding hydrogens is 354 g/mol. The van der Waals surface area contributed by atoms with Crippen LogP contribution >= 0.6 is 0 Å². The van der Waals surface area contributed by atoms with E-state index in [9.17, 15) is 9.59 Å². The molecule has 28 heavy (non-hydrogen) atoms. The lowest BCUT2D eigenvalue weighted by Gasteiger charge is -2.35. The largest absolute Gasteiger partial charge is 0.382 e. The number of imide groups is 1. The summed E-state index contributed by atoms with van der Waals surface area (Å²) in [6.45, 7) is 4.43. The average molecular weight is 377 g/mol. The van der Waals surface area contributed by atoms with E-state index in [0.717, 1.165) is 16.8 Å². The van der Waals surface area contributed by atoms with Crippen molar-refractivity contribution in [1.82, 2.24) is 10.0 Å². The van der Waals surface area contributed by atoms with E-state index in [1.54, 1.807) is 0 Å². The van der Waals surface area contributed by atoms with Crippen molar-refractivity contribution in [3.63, 3.8) is 0 Å². The summed E-state index contributed by atoms with van der Waals surface area (Å²) >= 11 is 0. The summed E-state index contributed by atoms with van der Waals surface area (Å²) in [5.41, 5.74) is 2.23. The minimum absolute atomic E-state index is 0.206. The van der Waals surface area contributed by atoms with E-state index in [2.05, 4.69) is 5.16 Å². The van der Waals surface area contributed by atoms with Gasteiger partial charge in [0.15, 0.2) is 0 Å². The minimum atomic E-state index is -0.786. The van der Waals surface area contributed by atoms with Gasteiger partial charge in [0.1, 0.15) is 0 Å². The van der Waals surface area contributed by atoms with Crippen molar-refractivity contribution in [2.24, 2.45) is 5.16 Å². The third kappa shape index (κ3) is 3.43. The molecule has 2 aromatic rings. The van der Waals surface area contributed by atoms with Crippen molar-refractivity contribution in [2.75, 3.05) is 0 Å². The zero-order valence-corrected chi connectivity index (χ0v) is 16.0. The quantitative estimate of drug-likeness (QED) is 0.768. The number of hydrogen-bond donors (Lipinski definition) is 0. The highest BCUT2D eigenvalue weighted by Gasteiger charge is 2.49. The van der Waals surface area contributed by atoms with Crippen LogP contribution in [-0.2, 0) is 21.0 Å². The molecule has 2 aliphatic heterocycles. The fraction of sp³-hybridized carbons (Fsp3) is 0.318. The molecule has 144 valence electrons. The van der Waals surface area contributed by atoms with E-state index in [0.29, 0.717) is 13.0 Å². The molecule has 1 atom stereocenters. The molecule has 0 aromatic heterocycles. The lowest BCUT2D eigenvalue weighted by molar-refractivity contribution is -0.169. The maximum Gasteiger partial charge on any atom is 0.288 e. The summed E-state index contributed by atoms with van der Waals surface area (Å²) < 4.78 is 0. The predicted octanol–water partition coefficient (Wildman–Crippen LogP) is 3.13. The monoisotopic (exact) mass is 377 g/mol. The molecule has 0 bridgehead atoms. The highest BCUT2D eigenvalue weighted by Crippen LogP contribution is 2.33. The maximum atomic E-state index is 13.2. The highest BCUT2D eigenvalue weighted by molar-refractivity contribution is 6.06. The Bertz CT molecular complexity index is 909. The second kappa shape index (κ2) is 7.20. The van der Waals surface area contributed by atoms with E-state index < -0.39 is 11.6 Å². The van der Waals surface area contributed by atoms with E-state index in [1.807, 2.05) is 79.5 Å². The van der Waals surface area contributed by atoms with Gasteiger partial charge in [-0.15, -0.1) is 0 Å². The van der Waals surface area contributed by atoms with Gasteiger partial charge in [-0.2, -0.15) is 0 Å². The first kappa shape index (κ1) is 18.4. The summed E-state index contributed by atoms with van der Waals surface area (Å²) in [4.78, 5) is 31.3. The predicted molar refractivity (Wildman–Crippen MR) is 105 cm³/mol. The molecule has 6 nitrogen and oxygen atoms in total. The molecule has 0 aliphatic carbocycles. The minimum Gasteiger partial charge on any atom is -0.382 e. The third-order valence-electron chi connectivity index (χ3n) is 5.20. The molecule has 2 aliphatic rings. The fourth-order valence-electron chi connectivity index (χ4n) is 3.67. The van der Waals surface area contributed by atoms with E-state index in [1.165, 1.54) is 5.01 Å². The van der Waals surface area contributed by atoms with Crippen LogP contribution in [0.15, 0.2) is 65.8 Å². The maximum absolute atomic E-state index is 13.2. The molecule has 0 N–H and O–H groups in total. The molecule has 0 radical (unpaired) electrons. The number of oxime groups is 1. The number of carbonyl (C=O) groups excluding carboxylic acids is 2. The zero-order valence-electron chi connectivity index (χ0n) is 16.0. The van der Waals surface area contributed by atoms with Crippen LogP contribution in [0.4, 0.5) is 0 Å². The highest BCUT2D eigenvalue weighted by atomic mass is 16.6. The van der Waals surface area contributed by atoms with Gasteiger partial charge < -0.3 is 4.84 Å². The molecule has 1 saturated heterocycles. The van der Waals surface area contributed by atoms with Gasteiger partial charge in [0, 0.05) is 24.9 Å². The molecule has 0 unspecified atom stereocenters. The Morgan fingerprint density at radius 2 is 1.75 bits per heavy atom. The fourth-order valence-corrected chi connectivity index (χ4v) is 3.67. The van der Waals surface area contributed by atoms with E-state index in [4.69, 9.17) is 4.84 Å². The van der Waals surface area contributed by atoms with Crippen molar-refractivity contribution in [2.45, 2.75) is 44.9 Å². The van der Waals surface area contributed by atoms with Crippen molar-refractivity contribution in [3.8, 4) is 0 Å². The van der Waals surface area contributed by atoms with E-state index >= 15 is 0 Å². The van der Waals surface area contributed by atoms with Crippen LogP contribution < -0.4 is 0 Å². The first-order valence-electron chi connectivity index (χ1n) is 9.42. The smallest absolute Gasteiger partial charge is 0.288 e. The first-order chi connectivity index (χ1) is 13.5. The number of benzene rings is 2. The van der Waals surface area contributed by atoms with Gasteiger partial charge in [-0.3, -0.25) is 9.59 Å². The summed E-state index contributed by atoms with van der Waals surface area (Å²) in [6, 6.07) is 19.5. The Morgan fingerprint density at radius 3 is 2.43 bits per heavy atom. The van der Waals surface area contributed by atoms with Crippen LogP contribution in [0.2, 0.25) is 0 Å². The summed E-state index contributed by atoms with van der Waals surface area (Å²) in [5.74, 6) is -0.566. The number of hydrogen-bond acceptors (Lipinski definition) is 5. The number of rotatable bonds is 4. The van der Waals surface area contributed by atoms with Gasteiger partial charge in [-0.25, -0.2) is 10.0 Å². The number of hydrazine groups is 1. The average Bonchev–Trinajstić information content (AvgIpc) is 3.26. The van der Waals surface area contributed by atoms with Crippen LogP contribution in [0, 0.1) is 0 Å². The molecular formula is C22H23N3O3. The van der Waals surface area contributed by atoms with Crippen LogP contribution in [0.1, 0.15) is 37.8 Å². The number of amides is 2. The molecule has 1 fully saturated rings. The van der Waals surface area contributed by atoms with Crippen molar-refractivity contribution in [3.05, 3.63) is 71.8 Å². The Kier molecular flexibility index (Phi) is 4.73. The van der Waals surface area contributed by atoms with E-state index in [-0.39, 0.29) is 18.2 Å². The standard InChI is InChI=1S/C22H23N3O3/c1-22(2)14-20(26)25(24(22)15-16-9-5-3-6-10-16)21(27)19-13-18(23-28-19)17-11-7-4-8-12-17/h3-12,19H,13-15H2,1-2H3/t19-/m0/s1. The topological polar surface area (TPSA) is 62.2 Å². The number of nitrogens with zero attached hydrogens (tertiary/aromatic N) is 3. The van der Waals surface area contributed by atoms with Gasteiger partial charge in [0.05, 0.1) is 5.71 Å². The third-order valence-corrected chi connectivity index (χ3v) is 5.20. The van der Waals surface area contributed by atoms with Crippen molar-refractivity contribution >= 4 is 17.5 Å². The molecule has 6 heteroatoms. The van der Waals surface area contributed by atoms with Crippen molar-refractivity contribution < 1.29 is 14.4 Å². The molecule has 0 saturated carbocycles. The molecule has 2 amide bonds. The Balaban J connectivity index is 1.53. The van der Waals surface area contributed by atoms with Gasteiger partial charge in [-0.1, -0.05) is 65.8 Å². The molecule has 2 heterocycles. The summed E-state index contributed by atoms with van der Waals surface area (Å²) in [6.07, 6.45) is -0.150. The van der Waals surface area contributed by atoms with Gasteiger partial charge in [0.25, 0.3) is 5.91 Å². The SMILES string of the molecule is CC1(C)CC(=O)N(C(=O)[C@@H]2CC(c3ccccc3)=NO2)N1Cc1ccccc1. The van der Waals surface area contributed by atoms with Crippen molar-refractivity contribution in [1.29, 1.82) is 0 Å². The Morgan fingerprint density at radius 1 is 1.11 bits per heavy atom. The second-order valence-electron chi connectivity index (χ2n) is 7.78. The molecule has 0 spiro atoms. The second-order valence-corrected chi connectivity index (χ2v) is 7.78.